The summed E-state index contributed by atoms with van der Waals surface area (Å²) in [4.78, 5) is 17.0. The summed E-state index contributed by atoms with van der Waals surface area (Å²) in [6.45, 7) is 0. The number of aromatic nitrogens is 5. The van der Waals surface area contributed by atoms with Crippen LogP contribution in [0.1, 0.15) is 11.1 Å². The molecular formula is C25H22F3N5O4S. The molecule has 3 aromatic heterocycles. The van der Waals surface area contributed by atoms with Crippen molar-refractivity contribution in [3.8, 4) is 16.8 Å². The highest BCUT2D eigenvalue weighted by molar-refractivity contribution is 7.85. The number of benzene rings is 2. The first-order valence-corrected chi connectivity index (χ1v) is 12.7. The summed E-state index contributed by atoms with van der Waals surface area (Å²) in [6, 6.07) is 13.0. The second-order valence-electron chi connectivity index (χ2n) is 8.43. The van der Waals surface area contributed by atoms with Crippen molar-refractivity contribution in [2.75, 3.05) is 0 Å². The summed E-state index contributed by atoms with van der Waals surface area (Å²) in [7, 11) is -0.329. The number of alkyl halides is 3. The van der Waals surface area contributed by atoms with Gasteiger partial charge in [-0.3, -0.25) is 18.6 Å². The fourth-order valence-corrected chi connectivity index (χ4v) is 4.44. The standard InChI is InChI=1S/C18H14F3N5O.C7H8O3S/c1-24-10-22-15-16(24)14(11-7-23-25(2)8-11)9-26(17(15)27)13-5-3-12(4-6-13)18(19,20)21;8-11(9,10)6-7-4-2-1-3-5-7/h3-10H,1-2H3;1-5H,6H2,(H,8,9,10). The average molecular weight is 546 g/mol. The minimum atomic E-state index is -4.44. The Morgan fingerprint density at radius 1 is 0.974 bits per heavy atom. The third-order valence-corrected chi connectivity index (χ3v) is 6.25. The van der Waals surface area contributed by atoms with Gasteiger partial charge in [0.25, 0.3) is 15.7 Å². The maximum absolute atomic E-state index is 12.9. The normalized spacial score (nSPS) is 11.8. The van der Waals surface area contributed by atoms with Crippen LogP contribution in [0.4, 0.5) is 13.2 Å². The van der Waals surface area contributed by atoms with E-state index in [-0.39, 0.29) is 11.3 Å². The maximum atomic E-state index is 12.9. The maximum Gasteiger partial charge on any atom is 0.416 e. The van der Waals surface area contributed by atoms with Crippen molar-refractivity contribution < 1.29 is 26.1 Å². The molecule has 0 atom stereocenters. The molecule has 0 saturated carbocycles. The molecule has 3 heterocycles. The smallest absolute Gasteiger partial charge is 0.333 e. The highest BCUT2D eigenvalue weighted by Crippen LogP contribution is 2.30. The molecule has 1 N–H and O–H groups in total. The van der Waals surface area contributed by atoms with Crippen molar-refractivity contribution in [2.45, 2.75) is 11.9 Å². The summed E-state index contributed by atoms with van der Waals surface area (Å²) in [5.41, 5.74) is 2.09. The first-order valence-electron chi connectivity index (χ1n) is 11.1. The van der Waals surface area contributed by atoms with E-state index in [4.69, 9.17) is 4.55 Å². The van der Waals surface area contributed by atoms with Gasteiger partial charge < -0.3 is 4.57 Å². The molecule has 9 nitrogen and oxygen atoms in total. The minimum absolute atomic E-state index is 0.235. The Morgan fingerprint density at radius 2 is 1.63 bits per heavy atom. The molecule has 0 unspecified atom stereocenters. The number of halogens is 3. The third-order valence-electron chi connectivity index (χ3n) is 5.55. The van der Waals surface area contributed by atoms with E-state index in [9.17, 15) is 26.4 Å². The lowest BCUT2D eigenvalue weighted by Crippen LogP contribution is -2.19. The van der Waals surface area contributed by atoms with E-state index in [1.54, 1.807) is 72.3 Å². The largest absolute Gasteiger partial charge is 0.416 e. The zero-order valence-corrected chi connectivity index (χ0v) is 21.0. The number of nitrogens with zero attached hydrogens (tertiary/aromatic N) is 5. The van der Waals surface area contributed by atoms with Gasteiger partial charge >= 0.3 is 6.18 Å². The van der Waals surface area contributed by atoms with Gasteiger partial charge in [-0.25, -0.2) is 4.98 Å². The van der Waals surface area contributed by atoms with Crippen molar-refractivity contribution in [1.29, 1.82) is 0 Å². The lowest BCUT2D eigenvalue weighted by Gasteiger charge is -2.12. The number of hydrogen-bond acceptors (Lipinski definition) is 5. The van der Waals surface area contributed by atoms with Crippen LogP contribution < -0.4 is 5.56 Å². The van der Waals surface area contributed by atoms with Crippen molar-refractivity contribution in [1.82, 2.24) is 23.9 Å². The molecule has 0 spiro atoms. The minimum Gasteiger partial charge on any atom is -0.333 e. The summed E-state index contributed by atoms with van der Waals surface area (Å²) >= 11 is 0. The lowest BCUT2D eigenvalue weighted by atomic mass is 10.1. The molecule has 0 amide bonds. The zero-order valence-electron chi connectivity index (χ0n) is 20.2. The van der Waals surface area contributed by atoms with Crippen LogP contribution in [0.25, 0.3) is 27.8 Å². The van der Waals surface area contributed by atoms with Crippen molar-refractivity contribution >= 4 is 21.2 Å². The molecule has 38 heavy (non-hydrogen) atoms. The SMILES string of the molecule is Cn1cc(-c2cn(-c3ccc(C(F)(F)F)cc3)c(=O)c3ncn(C)c23)cn1.O=S(=O)(O)Cc1ccccc1. The molecule has 5 rings (SSSR count). The van der Waals surface area contributed by atoms with Crippen LogP contribution in [0.2, 0.25) is 0 Å². The molecule has 198 valence electrons. The number of pyridine rings is 1. The Bertz CT molecular complexity index is 1740. The van der Waals surface area contributed by atoms with Crippen LogP contribution in [0.3, 0.4) is 0 Å². The van der Waals surface area contributed by atoms with E-state index >= 15 is 0 Å². The van der Waals surface area contributed by atoms with Gasteiger partial charge in [-0.1, -0.05) is 30.3 Å². The molecule has 0 radical (unpaired) electrons. The van der Waals surface area contributed by atoms with E-state index in [1.165, 1.54) is 23.0 Å². The summed E-state index contributed by atoms with van der Waals surface area (Å²) in [5, 5.41) is 4.15. The molecule has 5 aromatic rings. The fraction of sp³-hybridized carbons (Fsp3) is 0.160. The van der Waals surface area contributed by atoms with Gasteiger partial charge in [-0.2, -0.15) is 26.7 Å². The van der Waals surface area contributed by atoms with Gasteiger partial charge in [-0.15, -0.1) is 0 Å². The van der Waals surface area contributed by atoms with Crippen LogP contribution in [0, 0.1) is 0 Å². The van der Waals surface area contributed by atoms with E-state index in [2.05, 4.69) is 10.1 Å². The monoisotopic (exact) mass is 545 g/mol. The predicted octanol–water partition coefficient (Wildman–Crippen LogP) is 4.22. The van der Waals surface area contributed by atoms with Crippen molar-refractivity contribution in [2.24, 2.45) is 14.1 Å². The van der Waals surface area contributed by atoms with Crippen LogP contribution in [-0.4, -0.2) is 36.9 Å². The molecule has 2 aromatic carbocycles. The topological polar surface area (TPSA) is 112 Å². The molecule has 0 aliphatic rings. The van der Waals surface area contributed by atoms with Gasteiger partial charge in [-0.05, 0) is 29.8 Å². The Hall–Kier alpha value is -4.23. The predicted molar refractivity (Wildman–Crippen MR) is 135 cm³/mol. The highest BCUT2D eigenvalue weighted by Gasteiger charge is 2.30. The first kappa shape index (κ1) is 26.8. The summed E-state index contributed by atoms with van der Waals surface area (Å²) in [5.74, 6) is -0.312. The molecule has 0 aliphatic carbocycles. The zero-order chi connectivity index (χ0) is 27.7. The van der Waals surface area contributed by atoms with Crippen molar-refractivity contribution in [3.05, 3.63) is 101 Å². The molecule has 13 heteroatoms. The number of fused-ring (bicyclic) bond motifs is 1. The van der Waals surface area contributed by atoms with Gasteiger partial charge in [0.05, 0.1) is 23.6 Å². The fourth-order valence-electron chi connectivity index (χ4n) is 3.83. The van der Waals surface area contributed by atoms with Crippen molar-refractivity contribution in [3.63, 3.8) is 0 Å². The van der Waals surface area contributed by atoms with E-state index in [1.807, 2.05) is 0 Å². The number of hydrogen-bond donors (Lipinski definition) is 1. The van der Waals surface area contributed by atoms with E-state index in [0.29, 0.717) is 22.3 Å². The Labute approximate surface area is 215 Å². The molecular weight excluding hydrogens is 523 g/mol. The molecule has 0 fully saturated rings. The molecule has 0 aliphatic heterocycles. The molecule has 0 bridgehead atoms. The quantitative estimate of drug-likeness (QED) is 0.339. The van der Waals surface area contributed by atoms with E-state index in [0.717, 1.165) is 17.7 Å². The Kier molecular flexibility index (Phi) is 7.24. The number of aryl methyl sites for hydroxylation is 2. The number of rotatable bonds is 4. The lowest BCUT2D eigenvalue weighted by molar-refractivity contribution is -0.137. The number of imidazole rings is 1. The second-order valence-corrected chi connectivity index (χ2v) is 9.88. The van der Waals surface area contributed by atoms with E-state index < -0.39 is 27.4 Å². The van der Waals surface area contributed by atoms with Crippen LogP contribution in [0.15, 0.2) is 84.3 Å². The first-order chi connectivity index (χ1) is 17.8. The van der Waals surface area contributed by atoms with Gasteiger partial charge in [0.2, 0.25) is 0 Å². The van der Waals surface area contributed by atoms with Gasteiger partial charge in [0.15, 0.2) is 5.52 Å². The van der Waals surface area contributed by atoms with Crippen LogP contribution in [-0.2, 0) is 36.1 Å². The van der Waals surface area contributed by atoms with Gasteiger partial charge in [0, 0.05) is 43.3 Å². The summed E-state index contributed by atoms with van der Waals surface area (Å²) < 4.78 is 72.3. The second kappa shape index (κ2) is 10.3. The molecule has 0 saturated heterocycles. The average Bonchev–Trinajstić information content (AvgIpc) is 3.45. The third kappa shape index (κ3) is 6.01. The highest BCUT2D eigenvalue weighted by atomic mass is 32.2. The summed E-state index contributed by atoms with van der Waals surface area (Å²) in [6.07, 6.45) is 2.15. The Morgan fingerprint density at radius 3 is 2.18 bits per heavy atom. The van der Waals surface area contributed by atoms with Crippen LogP contribution in [0.5, 0.6) is 0 Å². The van der Waals surface area contributed by atoms with Crippen LogP contribution >= 0.6 is 0 Å². The van der Waals surface area contributed by atoms with Gasteiger partial charge in [0.1, 0.15) is 5.75 Å². The Balaban J connectivity index is 0.000000257.